The van der Waals surface area contributed by atoms with Crippen LogP contribution in [0.3, 0.4) is 0 Å². The third kappa shape index (κ3) is 7.72. The quantitative estimate of drug-likeness (QED) is 0.104. The molecular formula is C32H34O6. The predicted octanol–water partition coefficient (Wildman–Crippen LogP) is 7.17. The first-order chi connectivity index (χ1) is 18.5. The molecule has 1 unspecified atom stereocenters. The molecule has 1 aliphatic rings. The van der Waals surface area contributed by atoms with Gasteiger partial charge >= 0.3 is 11.9 Å². The van der Waals surface area contributed by atoms with E-state index in [0.717, 1.165) is 61.2 Å². The molecule has 0 saturated carbocycles. The average Bonchev–Trinajstić information content (AvgIpc) is 3.27. The summed E-state index contributed by atoms with van der Waals surface area (Å²) in [7, 11) is 1.64. The molecule has 4 rings (SSSR count). The molecule has 3 aromatic carbocycles. The Balaban J connectivity index is 1.12. The Hall–Kier alpha value is -4.06. The highest BCUT2D eigenvalue weighted by atomic mass is 16.6. The van der Waals surface area contributed by atoms with Crippen molar-refractivity contribution in [3.63, 3.8) is 0 Å². The molecule has 0 radical (unpaired) electrons. The molecule has 6 nitrogen and oxygen atoms in total. The van der Waals surface area contributed by atoms with Gasteiger partial charge in [0, 0.05) is 12.0 Å². The van der Waals surface area contributed by atoms with Gasteiger partial charge in [-0.3, -0.25) is 0 Å². The monoisotopic (exact) mass is 514 g/mol. The Morgan fingerprint density at radius 1 is 0.816 bits per heavy atom. The van der Waals surface area contributed by atoms with Gasteiger partial charge in [0.15, 0.2) is 0 Å². The fraction of sp³-hybridized carbons (Fsp3) is 0.312. The van der Waals surface area contributed by atoms with Crippen LogP contribution in [0.15, 0.2) is 84.9 Å². The summed E-state index contributed by atoms with van der Waals surface area (Å²) in [6.07, 6.45) is 6.93. The second kappa shape index (κ2) is 13.5. The minimum Gasteiger partial charge on any atom is -0.497 e. The van der Waals surface area contributed by atoms with Crippen molar-refractivity contribution in [2.24, 2.45) is 0 Å². The van der Waals surface area contributed by atoms with E-state index in [1.54, 1.807) is 43.5 Å². The highest BCUT2D eigenvalue weighted by molar-refractivity contribution is 5.91. The Morgan fingerprint density at radius 3 is 2.00 bits per heavy atom. The SMILES string of the molecule is C=C1CC(CCCCCCCOc2ccc(C(=O)Oc3ccc(-c4ccc(OC)cc4)cc3)cc2)OC1=O. The summed E-state index contributed by atoms with van der Waals surface area (Å²) in [5.41, 5.74) is 3.14. The first kappa shape index (κ1) is 27.0. The summed E-state index contributed by atoms with van der Waals surface area (Å²) < 4.78 is 21.8. The van der Waals surface area contributed by atoms with E-state index in [1.807, 2.05) is 36.4 Å². The van der Waals surface area contributed by atoms with E-state index < -0.39 is 5.97 Å². The molecule has 0 amide bonds. The summed E-state index contributed by atoms with van der Waals surface area (Å²) in [6.45, 7) is 4.35. The van der Waals surface area contributed by atoms with E-state index >= 15 is 0 Å². The Labute approximate surface area is 224 Å². The maximum atomic E-state index is 12.5. The molecule has 1 atom stereocenters. The van der Waals surface area contributed by atoms with E-state index in [9.17, 15) is 9.59 Å². The van der Waals surface area contributed by atoms with Crippen molar-refractivity contribution < 1.29 is 28.5 Å². The first-order valence-electron chi connectivity index (χ1n) is 13.1. The number of cyclic esters (lactones) is 1. The van der Waals surface area contributed by atoms with Crippen LogP contribution in [0.2, 0.25) is 0 Å². The Morgan fingerprint density at radius 2 is 1.39 bits per heavy atom. The lowest BCUT2D eigenvalue weighted by atomic mass is 10.1. The van der Waals surface area contributed by atoms with E-state index in [0.29, 0.717) is 29.9 Å². The van der Waals surface area contributed by atoms with Gasteiger partial charge < -0.3 is 18.9 Å². The molecule has 0 aliphatic carbocycles. The van der Waals surface area contributed by atoms with Crippen molar-refractivity contribution in [3.8, 4) is 28.4 Å². The number of methoxy groups -OCH3 is 1. The summed E-state index contributed by atoms with van der Waals surface area (Å²) in [5, 5.41) is 0. The smallest absolute Gasteiger partial charge is 0.343 e. The minimum absolute atomic E-state index is 0.0178. The van der Waals surface area contributed by atoms with Gasteiger partial charge in [-0.25, -0.2) is 9.59 Å². The molecule has 38 heavy (non-hydrogen) atoms. The second-order valence-corrected chi connectivity index (χ2v) is 9.41. The largest absolute Gasteiger partial charge is 0.497 e. The molecule has 0 N–H and O–H groups in total. The summed E-state index contributed by atoms with van der Waals surface area (Å²) in [4.78, 5) is 23.9. The number of ether oxygens (including phenoxy) is 4. The fourth-order valence-corrected chi connectivity index (χ4v) is 4.34. The zero-order valence-corrected chi connectivity index (χ0v) is 21.8. The fourth-order valence-electron chi connectivity index (χ4n) is 4.34. The van der Waals surface area contributed by atoms with Gasteiger partial charge in [0.2, 0.25) is 0 Å². The number of benzene rings is 3. The van der Waals surface area contributed by atoms with Gasteiger partial charge in [0.1, 0.15) is 23.4 Å². The predicted molar refractivity (Wildman–Crippen MR) is 147 cm³/mol. The van der Waals surface area contributed by atoms with Crippen LogP contribution in [0.5, 0.6) is 17.2 Å². The third-order valence-electron chi connectivity index (χ3n) is 6.55. The van der Waals surface area contributed by atoms with Crippen molar-refractivity contribution in [1.29, 1.82) is 0 Å². The van der Waals surface area contributed by atoms with E-state index in [1.165, 1.54) is 0 Å². The summed E-state index contributed by atoms with van der Waals surface area (Å²) >= 11 is 0. The zero-order chi connectivity index (χ0) is 26.7. The molecular weight excluding hydrogens is 480 g/mol. The van der Waals surface area contributed by atoms with Gasteiger partial charge in [-0.1, -0.05) is 50.1 Å². The van der Waals surface area contributed by atoms with Crippen LogP contribution in [-0.4, -0.2) is 31.8 Å². The van der Waals surface area contributed by atoms with E-state index in [-0.39, 0.29) is 12.1 Å². The van der Waals surface area contributed by atoms with Crippen LogP contribution >= 0.6 is 0 Å². The molecule has 1 saturated heterocycles. The molecule has 0 bridgehead atoms. The Bertz CT molecular complexity index is 1200. The van der Waals surface area contributed by atoms with E-state index in [2.05, 4.69) is 6.58 Å². The molecule has 3 aromatic rings. The van der Waals surface area contributed by atoms with Gasteiger partial charge in [-0.05, 0) is 78.9 Å². The molecule has 1 fully saturated rings. The van der Waals surface area contributed by atoms with Crippen LogP contribution in [0.4, 0.5) is 0 Å². The standard InChI is InChI=1S/C32H34O6/c1-23-22-30(38-31(23)33)8-6-4-3-5-7-21-36-28-17-13-26(14-18-28)32(34)37-29-19-11-25(12-20-29)24-9-15-27(35-2)16-10-24/h9-20,30H,1,3-8,21-22H2,2H3. The second-order valence-electron chi connectivity index (χ2n) is 9.41. The van der Waals surface area contributed by atoms with E-state index in [4.69, 9.17) is 18.9 Å². The molecule has 6 heteroatoms. The van der Waals surface area contributed by atoms with Gasteiger partial charge in [0.05, 0.1) is 19.3 Å². The maximum absolute atomic E-state index is 12.5. The van der Waals surface area contributed by atoms with Crippen molar-refractivity contribution in [2.75, 3.05) is 13.7 Å². The molecule has 0 aromatic heterocycles. The molecule has 198 valence electrons. The van der Waals surface area contributed by atoms with Crippen molar-refractivity contribution >= 4 is 11.9 Å². The normalized spacial score (nSPS) is 14.7. The highest BCUT2D eigenvalue weighted by Gasteiger charge is 2.26. The lowest BCUT2D eigenvalue weighted by Crippen LogP contribution is -2.08. The number of unbranched alkanes of at least 4 members (excludes halogenated alkanes) is 4. The van der Waals surface area contributed by atoms with Gasteiger partial charge in [-0.2, -0.15) is 0 Å². The number of esters is 2. The summed E-state index contributed by atoms with van der Waals surface area (Å²) in [5.74, 6) is 1.37. The van der Waals surface area contributed by atoms with Gasteiger partial charge in [-0.15, -0.1) is 0 Å². The van der Waals surface area contributed by atoms with Gasteiger partial charge in [0.25, 0.3) is 0 Å². The number of carbonyl (C=O) groups is 2. The first-order valence-corrected chi connectivity index (χ1v) is 13.1. The summed E-state index contributed by atoms with van der Waals surface area (Å²) in [6, 6.07) is 22.2. The number of carbonyl (C=O) groups excluding carboxylic acids is 2. The van der Waals surface area contributed by atoms with Crippen LogP contribution in [-0.2, 0) is 9.53 Å². The third-order valence-corrected chi connectivity index (χ3v) is 6.55. The number of rotatable bonds is 13. The zero-order valence-electron chi connectivity index (χ0n) is 21.8. The lowest BCUT2D eigenvalue weighted by Gasteiger charge is -2.09. The van der Waals surface area contributed by atoms with Crippen molar-refractivity contribution in [2.45, 2.75) is 51.0 Å². The molecule has 0 spiro atoms. The van der Waals surface area contributed by atoms with Crippen LogP contribution in [0.25, 0.3) is 11.1 Å². The number of hydrogen-bond acceptors (Lipinski definition) is 6. The lowest BCUT2D eigenvalue weighted by molar-refractivity contribution is -0.139. The number of hydrogen-bond donors (Lipinski definition) is 0. The maximum Gasteiger partial charge on any atom is 0.343 e. The van der Waals surface area contributed by atoms with Crippen LogP contribution in [0, 0.1) is 0 Å². The van der Waals surface area contributed by atoms with Crippen LogP contribution < -0.4 is 14.2 Å². The molecule has 1 aliphatic heterocycles. The molecule has 1 heterocycles. The van der Waals surface area contributed by atoms with Crippen molar-refractivity contribution in [3.05, 3.63) is 90.5 Å². The Kier molecular flexibility index (Phi) is 9.57. The minimum atomic E-state index is -0.412. The average molecular weight is 515 g/mol. The van der Waals surface area contributed by atoms with Crippen molar-refractivity contribution in [1.82, 2.24) is 0 Å². The van der Waals surface area contributed by atoms with Crippen LogP contribution in [0.1, 0.15) is 55.3 Å². The highest BCUT2D eigenvalue weighted by Crippen LogP contribution is 2.26. The topological polar surface area (TPSA) is 71.1 Å².